The molecule has 0 bridgehead atoms. The van der Waals surface area contributed by atoms with E-state index in [0.29, 0.717) is 12.8 Å². The van der Waals surface area contributed by atoms with Gasteiger partial charge in [-0.05, 0) is 30.9 Å². The number of fused-ring (bicyclic) bond motifs is 1. The minimum Gasteiger partial charge on any atom is -0.481 e. The highest BCUT2D eigenvalue weighted by Gasteiger charge is 2.29. The van der Waals surface area contributed by atoms with Crippen molar-refractivity contribution in [2.24, 2.45) is 0 Å². The Morgan fingerprint density at radius 2 is 2.25 bits per heavy atom. The fourth-order valence-electron chi connectivity index (χ4n) is 2.59. The summed E-state index contributed by atoms with van der Waals surface area (Å²) < 4.78 is 0. The van der Waals surface area contributed by atoms with Crippen LogP contribution >= 0.6 is 22.9 Å². The second kappa shape index (κ2) is 5.54. The van der Waals surface area contributed by atoms with Crippen molar-refractivity contribution in [2.75, 3.05) is 0 Å². The standard InChI is InChI=1S/C15H14ClNO2S/c16-11-6-2-1-4-9(11)8-13-17-14-10(15(18)19)5-3-7-12(14)20-13/h1-2,4,6,10H,3,5,7-8H2,(H,18,19). The molecule has 104 valence electrons. The molecule has 0 saturated carbocycles. The first-order chi connectivity index (χ1) is 9.65. The summed E-state index contributed by atoms with van der Waals surface area (Å²) in [4.78, 5) is 17.0. The van der Waals surface area contributed by atoms with Gasteiger partial charge in [-0.1, -0.05) is 29.8 Å². The first kappa shape index (κ1) is 13.6. The molecule has 3 rings (SSSR count). The van der Waals surface area contributed by atoms with Crippen LogP contribution in [0.2, 0.25) is 5.02 Å². The molecule has 0 saturated heterocycles. The summed E-state index contributed by atoms with van der Waals surface area (Å²) in [5.74, 6) is -1.20. The average Bonchev–Trinajstić information content (AvgIpc) is 2.83. The molecule has 1 aromatic heterocycles. The van der Waals surface area contributed by atoms with Gasteiger partial charge >= 0.3 is 5.97 Å². The molecule has 1 heterocycles. The Balaban J connectivity index is 1.90. The van der Waals surface area contributed by atoms with Gasteiger partial charge in [-0.15, -0.1) is 11.3 Å². The van der Waals surface area contributed by atoms with Crippen LogP contribution in [0.4, 0.5) is 0 Å². The van der Waals surface area contributed by atoms with E-state index in [-0.39, 0.29) is 0 Å². The lowest BCUT2D eigenvalue weighted by Gasteiger charge is -2.16. The summed E-state index contributed by atoms with van der Waals surface area (Å²) in [6, 6.07) is 7.70. The second-order valence-electron chi connectivity index (χ2n) is 4.97. The fourth-order valence-corrected chi connectivity index (χ4v) is 3.99. The molecule has 0 fully saturated rings. The van der Waals surface area contributed by atoms with Gasteiger partial charge in [0.2, 0.25) is 0 Å². The Morgan fingerprint density at radius 3 is 3.00 bits per heavy atom. The number of rotatable bonds is 3. The predicted octanol–water partition coefficient (Wildman–Crippen LogP) is 3.89. The zero-order valence-electron chi connectivity index (χ0n) is 10.8. The summed E-state index contributed by atoms with van der Waals surface area (Å²) in [5, 5.41) is 11.0. The van der Waals surface area contributed by atoms with E-state index in [9.17, 15) is 9.90 Å². The quantitative estimate of drug-likeness (QED) is 0.936. The summed E-state index contributed by atoms with van der Waals surface area (Å²) >= 11 is 7.79. The Hall–Kier alpha value is -1.39. The minimum atomic E-state index is -0.763. The highest BCUT2D eigenvalue weighted by atomic mass is 35.5. The van der Waals surface area contributed by atoms with Crippen molar-refractivity contribution in [1.29, 1.82) is 0 Å². The molecule has 1 atom stereocenters. The van der Waals surface area contributed by atoms with E-state index in [4.69, 9.17) is 11.6 Å². The van der Waals surface area contributed by atoms with Crippen LogP contribution in [-0.2, 0) is 17.6 Å². The molecule has 0 aliphatic heterocycles. The van der Waals surface area contributed by atoms with Crippen molar-refractivity contribution in [2.45, 2.75) is 31.6 Å². The SMILES string of the molecule is O=C(O)C1CCCc2sc(Cc3ccccc3Cl)nc21. The highest BCUT2D eigenvalue weighted by molar-refractivity contribution is 7.11. The lowest BCUT2D eigenvalue weighted by Crippen LogP contribution is -2.17. The van der Waals surface area contributed by atoms with Gasteiger partial charge in [-0.2, -0.15) is 0 Å². The van der Waals surface area contributed by atoms with Gasteiger partial charge < -0.3 is 5.11 Å². The maximum absolute atomic E-state index is 11.3. The van der Waals surface area contributed by atoms with Crippen molar-refractivity contribution >= 4 is 28.9 Å². The first-order valence-corrected chi connectivity index (χ1v) is 7.79. The Morgan fingerprint density at radius 1 is 1.45 bits per heavy atom. The van der Waals surface area contributed by atoms with Crippen LogP contribution in [0.5, 0.6) is 0 Å². The lowest BCUT2D eigenvalue weighted by molar-refractivity contribution is -0.139. The molecule has 0 amide bonds. The number of carboxylic acids is 1. The number of aromatic nitrogens is 1. The molecule has 3 nitrogen and oxygen atoms in total. The van der Waals surface area contributed by atoms with E-state index in [1.54, 1.807) is 11.3 Å². The molecule has 2 aromatic rings. The van der Waals surface area contributed by atoms with E-state index in [2.05, 4.69) is 4.98 Å². The van der Waals surface area contributed by atoms with Crippen LogP contribution in [0.25, 0.3) is 0 Å². The molecule has 0 radical (unpaired) electrons. The van der Waals surface area contributed by atoms with E-state index < -0.39 is 11.9 Å². The van der Waals surface area contributed by atoms with Crippen LogP contribution in [0.15, 0.2) is 24.3 Å². The van der Waals surface area contributed by atoms with Crippen LogP contribution < -0.4 is 0 Å². The van der Waals surface area contributed by atoms with Crippen LogP contribution in [0.3, 0.4) is 0 Å². The Labute approximate surface area is 126 Å². The number of hydrogen-bond acceptors (Lipinski definition) is 3. The maximum Gasteiger partial charge on any atom is 0.312 e. The first-order valence-electron chi connectivity index (χ1n) is 6.60. The van der Waals surface area contributed by atoms with Crippen molar-refractivity contribution in [3.63, 3.8) is 0 Å². The molecule has 0 spiro atoms. The van der Waals surface area contributed by atoms with Gasteiger partial charge in [-0.25, -0.2) is 4.98 Å². The molecule has 5 heteroatoms. The molecular weight excluding hydrogens is 294 g/mol. The van der Waals surface area contributed by atoms with E-state index in [1.165, 1.54) is 0 Å². The topological polar surface area (TPSA) is 50.2 Å². The van der Waals surface area contributed by atoms with Gasteiger partial charge in [0.25, 0.3) is 0 Å². The molecule has 1 N–H and O–H groups in total. The molecule has 1 aliphatic carbocycles. The van der Waals surface area contributed by atoms with Crippen LogP contribution in [0.1, 0.15) is 39.9 Å². The van der Waals surface area contributed by atoms with Crippen molar-refractivity contribution in [1.82, 2.24) is 4.98 Å². The summed E-state index contributed by atoms with van der Waals surface area (Å²) in [6.45, 7) is 0. The van der Waals surface area contributed by atoms with Gasteiger partial charge in [-0.3, -0.25) is 4.79 Å². The van der Waals surface area contributed by atoms with Crippen LogP contribution in [0, 0.1) is 0 Å². The normalized spacial score (nSPS) is 17.8. The molecule has 1 aliphatic rings. The number of hydrogen-bond donors (Lipinski definition) is 1. The number of carboxylic acid groups (broad SMARTS) is 1. The summed E-state index contributed by atoms with van der Waals surface area (Å²) in [5.41, 5.74) is 1.81. The highest BCUT2D eigenvalue weighted by Crippen LogP contribution is 2.35. The minimum absolute atomic E-state index is 0.435. The van der Waals surface area contributed by atoms with Gasteiger partial charge in [0.15, 0.2) is 0 Å². The monoisotopic (exact) mass is 307 g/mol. The van der Waals surface area contributed by atoms with Gasteiger partial charge in [0, 0.05) is 16.3 Å². The zero-order chi connectivity index (χ0) is 14.1. The van der Waals surface area contributed by atoms with Crippen molar-refractivity contribution < 1.29 is 9.90 Å². The second-order valence-corrected chi connectivity index (χ2v) is 6.54. The van der Waals surface area contributed by atoms with E-state index >= 15 is 0 Å². The van der Waals surface area contributed by atoms with Gasteiger partial charge in [0.05, 0.1) is 16.6 Å². The summed E-state index contributed by atoms with van der Waals surface area (Å²) in [6.07, 6.45) is 3.23. The number of benzene rings is 1. The third kappa shape index (κ3) is 2.58. The van der Waals surface area contributed by atoms with Crippen molar-refractivity contribution in [3.8, 4) is 0 Å². The number of aryl methyl sites for hydroxylation is 1. The van der Waals surface area contributed by atoms with Gasteiger partial charge in [0.1, 0.15) is 0 Å². The number of carbonyl (C=O) groups is 1. The number of thiazole rings is 1. The third-order valence-corrected chi connectivity index (χ3v) is 5.10. The number of halogens is 1. The third-order valence-electron chi connectivity index (χ3n) is 3.60. The maximum atomic E-state index is 11.3. The molecular formula is C15H14ClNO2S. The largest absolute Gasteiger partial charge is 0.481 e. The fraction of sp³-hybridized carbons (Fsp3) is 0.333. The number of aliphatic carboxylic acids is 1. The molecule has 1 aromatic carbocycles. The number of nitrogens with zero attached hydrogens (tertiary/aromatic N) is 1. The molecule has 1 unspecified atom stereocenters. The van der Waals surface area contributed by atoms with Crippen molar-refractivity contribution in [3.05, 3.63) is 50.4 Å². The predicted molar refractivity (Wildman–Crippen MR) is 79.7 cm³/mol. The van der Waals surface area contributed by atoms with Crippen LogP contribution in [-0.4, -0.2) is 16.1 Å². The Kier molecular flexibility index (Phi) is 3.76. The lowest BCUT2D eigenvalue weighted by atomic mass is 9.91. The zero-order valence-corrected chi connectivity index (χ0v) is 12.4. The Bertz CT molecular complexity index is 653. The van der Waals surface area contributed by atoms with E-state index in [1.807, 2.05) is 24.3 Å². The summed E-state index contributed by atoms with van der Waals surface area (Å²) in [7, 11) is 0. The molecule has 20 heavy (non-hydrogen) atoms. The average molecular weight is 308 g/mol. The smallest absolute Gasteiger partial charge is 0.312 e. The van der Waals surface area contributed by atoms with E-state index in [0.717, 1.165) is 39.0 Å².